The average Bonchev–Trinajstić information content (AvgIpc) is 2.81. The minimum atomic E-state index is -0.488. The lowest BCUT2D eigenvalue weighted by Gasteiger charge is -2.21. The number of carbonyl (C=O) groups excluding carboxylic acids is 1. The molecule has 22 heavy (non-hydrogen) atoms. The number of rotatable bonds is 4. The Labute approximate surface area is 132 Å². The number of benzene rings is 1. The summed E-state index contributed by atoms with van der Waals surface area (Å²) in [7, 11) is 0. The quantitative estimate of drug-likeness (QED) is 0.896. The molecule has 2 atom stereocenters. The van der Waals surface area contributed by atoms with Crippen molar-refractivity contribution < 1.29 is 14.3 Å². The van der Waals surface area contributed by atoms with Gasteiger partial charge >= 0.3 is 6.09 Å². The van der Waals surface area contributed by atoms with Gasteiger partial charge in [0.05, 0.1) is 12.1 Å². The first kappa shape index (κ1) is 16.6. The first-order valence-electron chi connectivity index (χ1n) is 7.78. The number of hydrogen-bond acceptors (Lipinski definition) is 4. The second kappa shape index (κ2) is 7.01. The molecule has 1 aliphatic rings. The molecule has 0 radical (unpaired) electrons. The van der Waals surface area contributed by atoms with Gasteiger partial charge in [0.1, 0.15) is 5.60 Å². The SMILES string of the molecule is CC1OCCC1Nc1ccccc1CNC(=O)OC(C)(C)C. The van der Waals surface area contributed by atoms with E-state index in [1.807, 2.05) is 45.0 Å². The molecule has 1 amide bonds. The summed E-state index contributed by atoms with van der Waals surface area (Å²) in [5.41, 5.74) is 1.58. The van der Waals surface area contributed by atoms with Crippen LogP contribution in [0.25, 0.3) is 0 Å². The summed E-state index contributed by atoms with van der Waals surface area (Å²) in [4.78, 5) is 11.8. The molecule has 1 aromatic rings. The van der Waals surface area contributed by atoms with Crippen LogP contribution in [0.3, 0.4) is 0 Å². The number of anilines is 1. The molecule has 2 rings (SSSR count). The largest absolute Gasteiger partial charge is 0.444 e. The van der Waals surface area contributed by atoms with Gasteiger partial charge < -0.3 is 20.1 Å². The Morgan fingerprint density at radius 2 is 2.09 bits per heavy atom. The van der Waals surface area contributed by atoms with E-state index in [1.165, 1.54) is 0 Å². The Bertz CT molecular complexity index is 511. The Morgan fingerprint density at radius 1 is 1.36 bits per heavy atom. The van der Waals surface area contributed by atoms with Gasteiger partial charge in [0.2, 0.25) is 0 Å². The molecule has 0 bridgehead atoms. The van der Waals surface area contributed by atoms with Crippen molar-refractivity contribution in [3.8, 4) is 0 Å². The molecule has 5 heteroatoms. The van der Waals surface area contributed by atoms with Crippen molar-refractivity contribution in [3.63, 3.8) is 0 Å². The van der Waals surface area contributed by atoms with E-state index in [0.717, 1.165) is 24.3 Å². The third-order valence-corrected chi connectivity index (χ3v) is 3.56. The van der Waals surface area contributed by atoms with Crippen LogP contribution in [0, 0.1) is 0 Å². The molecular formula is C17H26N2O3. The monoisotopic (exact) mass is 306 g/mol. The molecule has 1 aromatic carbocycles. The molecule has 1 fully saturated rings. The molecule has 2 N–H and O–H groups in total. The Hall–Kier alpha value is -1.75. The van der Waals surface area contributed by atoms with Gasteiger partial charge in [0.25, 0.3) is 0 Å². The summed E-state index contributed by atoms with van der Waals surface area (Å²) < 4.78 is 10.8. The zero-order valence-electron chi connectivity index (χ0n) is 13.8. The van der Waals surface area contributed by atoms with E-state index >= 15 is 0 Å². The predicted molar refractivity (Wildman–Crippen MR) is 87.0 cm³/mol. The number of alkyl carbamates (subject to hydrolysis) is 1. The smallest absolute Gasteiger partial charge is 0.407 e. The fourth-order valence-corrected chi connectivity index (χ4v) is 2.42. The van der Waals surface area contributed by atoms with Crippen LogP contribution in [0.1, 0.15) is 39.7 Å². The van der Waals surface area contributed by atoms with E-state index in [2.05, 4.69) is 17.6 Å². The molecule has 0 saturated carbocycles. The molecular weight excluding hydrogens is 280 g/mol. The molecule has 1 saturated heterocycles. The van der Waals surface area contributed by atoms with E-state index < -0.39 is 11.7 Å². The number of carbonyl (C=O) groups is 1. The van der Waals surface area contributed by atoms with Crippen LogP contribution in [0.5, 0.6) is 0 Å². The van der Waals surface area contributed by atoms with Crippen LogP contribution in [-0.4, -0.2) is 30.4 Å². The zero-order chi connectivity index (χ0) is 16.2. The highest BCUT2D eigenvalue weighted by atomic mass is 16.6. The van der Waals surface area contributed by atoms with Crippen molar-refractivity contribution in [1.29, 1.82) is 0 Å². The van der Waals surface area contributed by atoms with Gasteiger partial charge in [-0.05, 0) is 45.7 Å². The molecule has 0 spiro atoms. The average molecular weight is 306 g/mol. The second-order valence-electron chi connectivity index (χ2n) is 6.63. The van der Waals surface area contributed by atoms with Crippen LogP contribution in [0.15, 0.2) is 24.3 Å². The molecule has 1 heterocycles. The normalized spacial score (nSPS) is 21.5. The van der Waals surface area contributed by atoms with Gasteiger partial charge in [-0.3, -0.25) is 0 Å². The summed E-state index contributed by atoms with van der Waals surface area (Å²) >= 11 is 0. The van der Waals surface area contributed by atoms with Gasteiger partial charge in [-0.15, -0.1) is 0 Å². The third-order valence-electron chi connectivity index (χ3n) is 3.56. The number of nitrogens with one attached hydrogen (secondary N) is 2. The molecule has 0 aromatic heterocycles. The summed E-state index contributed by atoms with van der Waals surface area (Å²) in [5, 5.41) is 6.31. The maximum Gasteiger partial charge on any atom is 0.407 e. The van der Waals surface area contributed by atoms with E-state index in [4.69, 9.17) is 9.47 Å². The highest BCUT2D eigenvalue weighted by molar-refractivity contribution is 5.68. The van der Waals surface area contributed by atoms with Crippen molar-refractivity contribution in [1.82, 2.24) is 5.32 Å². The lowest BCUT2D eigenvalue weighted by molar-refractivity contribution is 0.0523. The molecule has 5 nitrogen and oxygen atoms in total. The Morgan fingerprint density at radius 3 is 2.73 bits per heavy atom. The minimum absolute atomic E-state index is 0.201. The van der Waals surface area contributed by atoms with Crippen LogP contribution >= 0.6 is 0 Å². The molecule has 122 valence electrons. The van der Waals surface area contributed by atoms with Gasteiger partial charge in [0, 0.05) is 18.8 Å². The Balaban J connectivity index is 1.95. The van der Waals surface area contributed by atoms with E-state index in [0.29, 0.717) is 12.6 Å². The van der Waals surface area contributed by atoms with Crippen LogP contribution in [-0.2, 0) is 16.0 Å². The molecule has 0 aliphatic carbocycles. The standard InChI is InChI=1S/C17H26N2O3/c1-12-14(9-10-21-12)19-15-8-6-5-7-13(15)11-18-16(20)22-17(2,3)4/h5-8,12,14,19H,9-11H2,1-4H3,(H,18,20). The van der Waals surface area contributed by atoms with Crippen molar-refractivity contribution in [2.75, 3.05) is 11.9 Å². The third kappa shape index (κ3) is 4.91. The van der Waals surface area contributed by atoms with Gasteiger partial charge in [-0.25, -0.2) is 4.79 Å². The molecule has 1 aliphatic heterocycles. The van der Waals surface area contributed by atoms with Gasteiger partial charge in [-0.2, -0.15) is 0 Å². The number of para-hydroxylation sites is 1. The number of ether oxygens (including phenoxy) is 2. The van der Waals surface area contributed by atoms with E-state index in [1.54, 1.807) is 0 Å². The van der Waals surface area contributed by atoms with Crippen molar-refractivity contribution in [3.05, 3.63) is 29.8 Å². The summed E-state index contributed by atoms with van der Waals surface area (Å²) in [6, 6.07) is 8.28. The number of hydrogen-bond donors (Lipinski definition) is 2. The van der Waals surface area contributed by atoms with Crippen LogP contribution in [0.2, 0.25) is 0 Å². The van der Waals surface area contributed by atoms with E-state index in [-0.39, 0.29) is 6.10 Å². The van der Waals surface area contributed by atoms with Crippen molar-refractivity contribution >= 4 is 11.8 Å². The first-order chi connectivity index (χ1) is 10.3. The summed E-state index contributed by atoms with van der Waals surface area (Å²) in [6.07, 6.45) is 0.793. The lowest BCUT2D eigenvalue weighted by Crippen LogP contribution is -2.32. The highest BCUT2D eigenvalue weighted by Gasteiger charge is 2.24. The maximum absolute atomic E-state index is 11.8. The lowest BCUT2D eigenvalue weighted by atomic mass is 10.1. The van der Waals surface area contributed by atoms with Gasteiger partial charge in [-0.1, -0.05) is 18.2 Å². The summed E-state index contributed by atoms with van der Waals surface area (Å²) in [5.74, 6) is 0. The Kier molecular flexibility index (Phi) is 5.29. The van der Waals surface area contributed by atoms with Crippen LogP contribution in [0.4, 0.5) is 10.5 Å². The zero-order valence-corrected chi connectivity index (χ0v) is 13.8. The fraction of sp³-hybridized carbons (Fsp3) is 0.588. The highest BCUT2D eigenvalue weighted by Crippen LogP contribution is 2.22. The molecule has 2 unspecified atom stereocenters. The number of amides is 1. The maximum atomic E-state index is 11.8. The van der Waals surface area contributed by atoms with Crippen molar-refractivity contribution in [2.24, 2.45) is 0 Å². The van der Waals surface area contributed by atoms with Crippen LogP contribution < -0.4 is 10.6 Å². The summed E-state index contributed by atoms with van der Waals surface area (Å²) in [6.45, 7) is 8.85. The minimum Gasteiger partial charge on any atom is -0.444 e. The first-order valence-corrected chi connectivity index (χ1v) is 7.78. The van der Waals surface area contributed by atoms with Gasteiger partial charge in [0.15, 0.2) is 0 Å². The fourth-order valence-electron chi connectivity index (χ4n) is 2.42. The predicted octanol–water partition coefficient (Wildman–Crippen LogP) is 3.30. The topological polar surface area (TPSA) is 59.6 Å². The van der Waals surface area contributed by atoms with E-state index in [9.17, 15) is 4.79 Å². The van der Waals surface area contributed by atoms with Crippen molar-refractivity contribution in [2.45, 2.75) is 58.4 Å². The second-order valence-corrected chi connectivity index (χ2v) is 6.63.